The molecule has 2 atom stereocenters. The minimum atomic E-state index is 0.690. The van der Waals surface area contributed by atoms with Gasteiger partial charge in [-0.1, -0.05) is 30.7 Å². The van der Waals surface area contributed by atoms with Crippen molar-refractivity contribution in [1.82, 2.24) is 5.32 Å². The Balaban J connectivity index is 1.99. The summed E-state index contributed by atoms with van der Waals surface area (Å²) in [6.45, 7) is 4.51. The van der Waals surface area contributed by atoms with Crippen molar-refractivity contribution in [2.24, 2.45) is 0 Å². The second kappa shape index (κ2) is 4.80. The highest BCUT2D eigenvalue weighted by atomic mass is 15.0. The van der Waals surface area contributed by atoms with Crippen LogP contribution in [0, 0.1) is 6.92 Å². The summed E-state index contributed by atoms with van der Waals surface area (Å²) in [4.78, 5) is 0. The van der Waals surface area contributed by atoms with E-state index in [1.807, 2.05) is 0 Å². The number of rotatable bonds is 2. The van der Waals surface area contributed by atoms with E-state index in [2.05, 4.69) is 43.4 Å². The highest BCUT2D eigenvalue weighted by Gasteiger charge is 2.18. The second-order valence-corrected chi connectivity index (χ2v) is 4.83. The molecule has 2 unspecified atom stereocenters. The molecule has 1 heteroatoms. The Bertz CT molecular complexity index is 319. The van der Waals surface area contributed by atoms with Crippen LogP contribution in [0.1, 0.15) is 37.3 Å². The van der Waals surface area contributed by atoms with Gasteiger partial charge in [-0.25, -0.2) is 0 Å². The van der Waals surface area contributed by atoms with Crippen molar-refractivity contribution in [3.8, 4) is 0 Å². The topological polar surface area (TPSA) is 12.0 Å². The van der Waals surface area contributed by atoms with Crippen LogP contribution in [0.3, 0.4) is 0 Å². The molecule has 2 rings (SSSR count). The zero-order chi connectivity index (χ0) is 10.7. The average molecular weight is 203 g/mol. The highest BCUT2D eigenvalue weighted by Crippen LogP contribution is 2.17. The summed E-state index contributed by atoms with van der Waals surface area (Å²) < 4.78 is 0. The summed E-state index contributed by atoms with van der Waals surface area (Å²) in [6, 6.07) is 10.1. The van der Waals surface area contributed by atoms with E-state index < -0.39 is 0 Å². The van der Waals surface area contributed by atoms with Crippen LogP contribution in [0.2, 0.25) is 0 Å². The van der Waals surface area contributed by atoms with Crippen molar-refractivity contribution in [2.45, 2.75) is 51.6 Å². The maximum atomic E-state index is 3.69. The van der Waals surface area contributed by atoms with E-state index in [9.17, 15) is 0 Å². The summed E-state index contributed by atoms with van der Waals surface area (Å²) in [7, 11) is 0. The molecule has 1 aromatic carbocycles. The fourth-order valence-corrected chi connectivity index (χ4v) is 2.51. The maximum Gasteiger partial charge on any atom is 0.0110 e. The largest absolute Gasteiger partial charge is 0.311 e. The monoisotopic (exact) mass is 203 g/mol. The van der Waals surface area contributed by atoms with Gasteiger partial charge >= 0.3 is 0 Å². The Morgan fingerprint density at radius 2 is 2.07 bits per heavy atom. The summed E-state index contributed by atoms with van der Waals surface area (Å²) in [5, 5.41) is 3.69. The number of nitrogens with one attached hydrogen (secondary N) is 1. The molecule has 1 heterocycles. The van der Waals surface area contributed by atoms with Gasteiger partial charge in [-0.15, -0.1) is 0 Å². The fraction of sp³-hybridized carbons (Fsp3) is 0.571. The lowest BCUT2D eigenvalue weighted by atomic mass is 9.93. The van der Waals surface area contributed by atoms with E-state index in [1.54, 1.807) is 0 Å². The van der Waals surface area contributed by atoms with Gasteiger partial charge in [-0.2, -0.15) is 0 Å². The lowest BCUT2D eigenvalue weighted by Gasteiger charge is -2.29. The van der Waals surface area contributed by atoms with E-state index in [1.165, 1.54) is 36.8 Å². The predicted molar refractivity (Wildman–Crippen MR) is 65.1 cm³/mol. The van der Waals surface area contributed by atoms with Crippen LogP contribution < -0.4 is 5.32 Å². The third-order valence-corrected chi connectivity index (χ3v) is 3.44. The van der Waals surface area contributed by atoms with E-state index >= 15 is 0 Å². The molecule has 1 fully saturated rings. The van der Waals surface area contributed by atoms with Crippen LogP contribution in [0.15, 0.2) is 24.3 Å². The zero-order valence-corrected chi connectivity index (χ0v) is 9.79. The molecule has 1 saturated heterocycles. The average Bonchev–Trinajstić information content (AvgIpc) is 2.22. The van der Waals surface area contributed by atoms with Gasteiger partial charge in [0.25, 0.3) is 0 Å². The molecule has 15 heavy (non-hydrogen) atoms. The summed E-state index contributed by atoms with van der Waals surface area (Å²) >= 11 is 0. The zero-order valence-electron chi connectivity index (χ0n) is 9.79. The molecule has 1 N–H and O–H groups in total. The Labute approximate surface area is 92.9 Å². The molecule has 1 aromatic rings. The van der Waals surface area contributed by atoms with Crippen LogP contribution in [0.4, 0.5) is 0 Å². The Morgan fingerprint density at radius 1 is 1.27 bits per heavy atom. The Morgan fingerprint density at radius 3 is 2.80 bits per heavy atom. The normalized spacial score (nSPS) is 26.5. The van der Waals surface area contributed by atoms with Crippen molar-refractivity contribution >= 4 is 0 Å². The molecule has 0 aromatic heterocycles. The van der Waals surface area contributed by atoms with Crippen LogP contribution in [0.5, 0.6) is 0 Å². The van der Waals surface area contributed by atoms with Crippen LogP contribution in [-0.4, -0.2) is 12.1 Å². The lowest BCUT2D eigenvalue weighted by molar-refractivity contribution is 0.333. The van der Waals surface area contributed by atoms with Gasteiger partial charge < -0.3 is 5.32 Å². The minimum absolute atomic E-state index is 0.690. The quantitative estimate of drug-likeness (QED) is 0.779. The summed E-state index contributed by atoms with van der Waals surface area (Å²) in [5.74, 6) is 0. The first-order valence-corrected chi connectivity index (χ1v) is 6.06. The lowest BCUT2D eigenvalue weighted by Crippen LogP contribution is -2.41. The Kier molecular flexibility index (Phi) is 3.42. The third kappa shape index (κ3) is 2.82. The molecule has 0 aliphatic carbocycles. The number of piperidine rings is 1. The molecule has 0 bridgehead atoms. The molecule has 0 radical (unpaired) electrons. The second-order valence-electron chi connectivity index (χ2n) is 4.83. The predicted octanol–water partition coefficient (Wildman–Crippen LogP) is 3.07. The highest BCUT2D eigenvalue weighted by molar-refractivity contribution is 5.26. The van der Waals surface area contributed by atoms with Gasteiger partial charge in [-0.05, 0) is 44.2 Å². The molecule has 0 spiro atoms. The van der Waals surface area contributed by atoms with Crippen molar-refractivity contribution in [3.63, 3.8) is 0 Å². The molecule has 1 nitrogen and oxygen atoms in total. The van der Waals surface area contributed by atoms with Crippen molar-refractivity contribution in [2.75, 3.05) is 0 Å². The number of hydrogen-bond donors (Lipinski definition) is 1. The van der Waals surface area contributed by atoms with E-state index in [4.69, 9.17) is 0 Å². The first-order valence-electron chi connectivity index (χ1n) is 6.06. The van der Waals surface area contributed by atoms with Gasteiger partial charge in [0.2, 0.25) is 0 Å². The molecular formula is C14H21N. The third-order valence-electron chi connectivity index (χ3n) is 3.44. The SMILES string of the molecule is Cc1ccccc1CC1CCCC(C)N1. The van der Waals surface area contributed by atoms with Gasteiger partial charge in [0.05, 0.1) is 0 Å². The molecule has 1 aliphatic rings. The van der Waals surface area contributed by atoms with E-state index in [-0.39, 0.29) is 0 Å². The first-order chi connectivity index (χ1) is 7.25. The van der Waals surface area contributed by atoms with Crippen LogP contribution in [-0.2, 0) is 6.42 Å². The standard InChI is InChI=1S/C14H21N/c1-11-6-3-4-8-13(11)10-14-9-5-7-12(2)15-14/h3-4,6,8,12,14-15H,5,7,9-10H2,1-2H3. The molecule has 0 saturated carbocycles. The molecule has 0 amide bonds. The van der Waals surface area contributed by atoms with Crippen molar-refractivity contribution in [3.05, 3.63) is 35.4 Å². The van der Waals surface area contributed by atoms with Gasteiger partial charge in [0.15, 0.2) is 0 Å². The van der Waals surface area contributed by atoms with E-state index in [0.29, 0.717) is 12.1 Å². The Hall–Kier alpha value is -0.820. The van der Waals surface area contributed by atoms with Crippen LogP contribution in [0.25, 0.3) is 0 Å². The van der Waals surface area contributed by atoms with Gasteiger partial charge in [-0.3, -0.25) is 0 Å². The summed E-state index contributed by atoms with van der Waals surface area (Å²) in [6.07, 6.45) is 5.24. The molecule has 82 valence electrons. The van der Waals surface area contributed by atoms with E-state index in [0.717, 1.165) is 0 Å². The smallest absolute Gasteiger partial charge is 0.0110 e. The minimum Gasteiger partial charge on any atom is -0.311 e. The fourth-order valence-electron chi connectivity index (χ4n) is 2.51. The first kappa shape index (κ1) is 10.7. The van der Waals surface area contributed by atoms with Crippen molar-refractivity contribution < 1.29 is 0 Å². The van der Waals surface area contributed by atoms with Gasteiger partial charge in [0.1, 0.15) is 0 Å². The number of aryl methyl sites for hydroxylation is 1. The molecular weight excluding hydrogens is 182 g/mol. The number of hydrogen-bond acceptors (Lipinski definition) is 1. The van der Waals surface area contributed by atoms with Crippen molar-refractivity contribution in [1.29, 1.82) is 0 Å². The number of benzene rings is 1. The van der Waals surface area contributed by atoms with Crippen LogP contribution >= 0.6 is 0 Å². The maximum absolute atomic E-state index is 3.69. The summed E-state index contributed by atoms with van der Waals surface area (Å²) in [5.41, 5.74) is 2.93. The molecule has 1 aliphatic heterocycles. The van der Waals surface area contributed by atoms with Gasteiger partial charge in [0, 0.05) is 12.1 Å².